The fourth-order valence-electron chi connectivity index (χ4n) is 2.16. The third kappa shape index (κ3) is 2.88. The molecule has 20 heavy (non-hydrogen) atoms. The minimum atomic E-state index is -0.166. The molecule has 1 amide bonds. The molecular formula is C15H20N4O. The summed E-state index contributed by atoms with van der Waals surface area (Å²) >= 11 is 0. The summed E-state index contributed by atoms with van der Waals surface area (Å²) in [5.74, 6) is -0.166. The van der Waals surface area contributed by atoms with Gasteiger partial charge in [0.1, 0.15) is 5.69 Å². The second kappa shape index (κ2) is 5.88. The van der Waals surface area contributed by atoms with Gasteiger partial charge in [0.25, 0.3) is 5.91 Å². The Labute approximate surface area is 118 Å². The van der Waals surface area contributed by atoms with E-state index in [1.165, 1.54) is 0 Å². The highest BCUT2D eigenvalue weighted by molar-refractivity contribution is 6.03. The normalized spacial score (nSPS) is 12.2. The molecule has 0 fully saturated rings. The largest absolute Gasteiger partial charge is 0.324 e. The Balaban J connectivity index is 2.28. The molecule has 0 spiro atoms. The average Bonchev–Trinajstić information content (AvgIpc) is 2.80. The Morgan fingerprint density at radius 1 is 1.45 bits per heavy atom. The Hall–Kier alpha value is -2.14. The maximum atomic E-state index is 12.4. The molecule has 0 saturated heterocycles. The standard InChI is InChI=1S/C15H20N4O/c1-4-19-14(9-10(2)18-19)15(20)17-13-8-6-5-7-12(13)11(3)16/h5-9,11H,4,16H2,1-3H3,(H,17,20). The molecule has 0 bridgehead atoms. The molecule has 2 rings (SSSR count). The van der Waals surface area contributed by atoms with Crippen molar-refractivity contribution >= 4 is 11.6 Å². The van der Waals surface area contributed by atoms with Crippen LogP contribution in [0, 0.1) is 6.92 Å². The number of amides is 1. The number of aryl methyl sites for hydroxylation is 2. The first-order valence-electron chi connectivity index (χ1n) is 6.73. The zero-order valence-electron chi connectivity index (χ0n) is 12.1. The minimum absolute atomic E-state index is 0.135. The summed E-state index contributed by atoms with van der Waals surface area (Å²) < 4.78 is 1.69. The van der Waals surface area contributed by atoms with Crippen molar-refractivity contribution in [1.29, 1.82) is 0 Å². The smallest absolute Gasteiger partial charge is 0.273 e. The highest BCUT2D eigenvalue weighted by Crippen LogP contribution is 2.21. The lowest BCUT2D eigenvalue weighted by atomic mass is 10.1. The maximum Gasteiger partial charge on any atom is 0.273 e. The topological polar surface area (TPSA) is 72.9 Å². The van der Waals surface area contributed by atoms with Gasteiger partial charge in [0.2, 0.25) is 0 Å². The number of anilines is 1. The summed E-state index contributed by atoms with van der Waals surface area (Å²) in [4.78, 5) is 12.4. The van der Waals surface area contributed by atoms with E-state index in [4.69, 9.17) is 5.73 Å². The van der Waals surface area contributed by atoms with E-state index in [9.17, 15) is 4.79 Å². The molecule has 0 radical (unpaired) electrons. The van der Waals surface area contributed by atoms with Crippen molar-refractivity contribution in [2.24, 2.45) is 5.73 Å². The molecule has 5 heteroatoms. The van der Waals surface area contributed by atoms with Crippen LogP contribution in [0.5, 0.6) is 0 Å². The molecule has 3 N–H and O–H groups in total. The number of rotatable bonds is 4. The Morgan fingerprint density at radius 2 is 2.15 bits per heavy atom. The van der Waals surface area contributed by atoms with Crippen molar-refractivity contribution in [3.05, 3.63) is 47.3 Å². The summed E-state index contributed by atoms with van der Waals surface area (Å²) in [6.07, 6.45) is 0. The molecule has 1 unspecified atom stereocenters. The van der Waals surface area contributed by atoms with Gasteiger partial charge in [0.05, 0.1) is 5.69 Å². The number of nitrogens with zero attached hydrogens (tertiary/aromatic N) is 2. The Kier molecular flexibility index (Phi) is 4.20. The van der Waals surface area contributed by atoms with Gasteiger partial charge in [-0.05, 0) is 38.5 Å². The summed E-state index contributed by atoms with van der Waals surface area (Å²) in [7, 11) is 0. The van der Waals surface area contributed by atoms with Crippen molar-refractivity contribution in [3.8, 4) is 0 Å². The predicted octanol–water partition coefficient (Wildman–Crippen LogP) is 2.48. The number of carbonyl (C=O) groups excluding carboxylic acids is 1. The molecule has 1 heterocycles. The zero-order chi connectivity index (χ0) is 14.7. The minimum Gasteiger partial charge on any atom is -0.324 e. The lowest BCUT2D eigenvalue weighted by Crippen LogP contribution is -2.19. The van der Waals surface area contributed by atoms with Crippen LogP contribution >= 0.6 is 0 Å². The van der Waals surface area contributed by atoms with E-state index >= 15 is 0 Å². The van der Waals surface area contributed by atoms with Gasteiger partial charge in [-0.3, -0.25) is 9.48 Å². The molecule has 5 nitrogen and oxygen atoms in total. The van der Waals surface area contributed by atoms with Gasteiger partial charge in [0, 0.05) is 18.3 Å². The number of nitrogens with two attached hydrogens (primary N) is 1. The van der Waals surface area contributed by atoms with Crippen molar-refractivity contribution in [3.63, 3.8) is 0 Å². The van der Waals surface area contributed by atoms with E-state index in [-0.39, 0.29) is 11.9 Å². The first-order valence-corrected chi connectivity index (χ1v) is 6.73. The predicted molar refractivity (Wildman–Crippen MR) is 79.6 cm³/mol. The van der Waals surface area contributed by atoms with E-state index < -0.39 is 0 Å². The molecule has 1 aromatic heterocycles. The van der Waals surface area contributed by atoms with Gasteiger partial charge in [0.15, 0.2) is 0 Å². The lowest BCUT2D eigenvalue weighted by Gasteiger charge is -2.13. The quantitative estimate of drug-likeness (QED) is 0.898. The van der Waals surface area contributed by atoms with Gasteiger partial charge in [-0.1, -0.05) is 18.2 Å². The third-order valence-electron chi connectivity index (χ3n) is 3.13. The van der Waals surface area contributed by atoms with Crippen molar-refractivity contribution in [2.45, 2.75) is 33.4 Å². The first-order chi connectivity index (χ1) is 9.52. The van der Waals surface area contributed by atoms with Gasteiger partial charge in [-0.2, -0.15) is 5.10 Å². The summed E-state index contributed by atoms with van der Waals surface area (Å²) in [5, 5.41) is 7.20. The van der Waals surface area contributed by atoms with Crippen LogP contribution in [-0.2, 0) is 6.54 Å². The molecule has 0 aliphatic rings. The average molecular weight is 272 g/mol. The van der Waals surface area contributed by atoms with E-state index in [0.29, 0.717) is 12.2 Å². The zero-order valence-corrected chi connectivity index (χ0v) is 12.1. The van der Waals surface area contributed by atoms with Gasteiger partial charge >= 0.3 is 0 Å². The van der Waals surface area contributed by atoms with E-state index in [2.05, 4.69) is 10.4 Å². The van der Waals surface area contributed by atoms with Crippen LogP contribution in [0.15, 0.2) is 30.3 Å². The molecule has 2 aromatic rings. The Bertz CT molecular complexity index is 616. The van der Waals surface area contributed by atoms with Gasteiger partial charge in [-0.15, -0.1) is 0 Å². The van der Waals surface area contributed by atoms with E-state index in [1.807, 2.05) is 45.0 Å². The SMILES string of the molecule is CCn1nc(C)cc1C(=O)Nc1ccccc1C(C)N. The number of hydrogen-bond donors (Lipinski definition) is 2. The number of nitrogens with one attached hydrogen (secondary N) is 1. The first kappa shape index (κ1) is 14.3. The molecule has 1 atom stereocenters. The van der Waals surface area contributed by atoms with Crippen LogP contribution in [0.4, 0.5) is 5.69 Å². The van der Waals surface area contributed by atoms with Gasteiger partial charge < -0.3 is 11.1 Å². The second-order valence-electron chi connectivity index (χ2n) is 4.82. The Morgan fingerprint density at radius 3 is 2.80 bits per heavy atom. The molecule has 0 saturated carbocycles. The number of carbonyl (C=O) groups is 1. The van der Waals surface area contributed by atoms with Crippen LogP contribution in [0.25, 0.3) is 0 Å². The summed E-state index contributed by atoms with van der Waals surface area (Å²) in [6, 6.07) is 9.22. The van der Waals surface area contributed by atoms with Crippen LogP contribution in [-0.4, -0.2) is 15.7 Å². The highest BCUT2D eigenvalue weighted by atomic mass is 16.2. The van der Waals surface area contributed by atoms with Crippen LogP contribution < -0.4 is 11.1 Å². The molecule has 0 aliphatic heterocycles. The number of para-hydroxylation sites is 1. The number of aromatic nitrogens is 2. The summed E-state index contributed by atoms with van der Waals surface area (Å²) in [6.45, 7) is 6.38. The highest BCUT2D eigenvalue weighted by Gasteiger charge is 2.15. The van der Waals surface area contributed by atoms with E-state index in [0.717, 1.165) is 16.9 Å². The summed E-state index contributed by atoms with van der Waals surface area (Å²) in [5.41, 5.74) is 8.97. The van der Waals surface area contributed by atoms with Crippen LogP contribution in [0.1, 0.15) is 41.6 Å². The third-order valence-corrected chi connectivity index (χ3v) is 3.13. The number of benzene rings is 1. The number of hydrogen-bond acceptors (Lipinski definition) is 3. The van der Waals surface area contributed by atoms with Gasteiger partial charge in [-0.25, -0.2) is 0 Å². The van der Waals surface area contributed by atoms with Crippen LogP contribution in [0.3, 0.4) is 0 Å². The molecular weight excluding hydrogens is 252 g/mol. The monoisotopic (exact) mass is 272 g/mol. The maximum absolute atomic E-state index is 12.4. The van der Waals surface area contributed by atoms with Crippen molar-refractivity contribution in [2.75, 3.05) is 5.32 Å². The fraction of sp³-hybridized carbons (Fsp3) is 0.333. The van der Waals surface area contributed by atoms with Crippen molar-refractivity contribution in [1.82, 2.24) is 9.78 Å². The molecule has 0 aliphatic carbocycles. The second-order valence-corrected chi connectivity index (χ2v) is 4.82. The molecule has 106 valence electrons. The van der Waals surface area contributed by atoms with E-state index in [1.54, 1.807) is 10.7 Å². The van der Waals surface area contributed by atoms with Crippen LogP contribution in [0.2, 0.25) is 0 Å². The fourth-order valence-corrected chi connectivity index (χ4v) is 2.16. The lowest BCUT2D eigenvalue weighted by molar-refractivity contribution is 0.101. The molecule has 1 aromatic carbocycles. The van der Waals surface area contributed by atoms with Crippen molar-refractivity contribution < 1.29 is 4.79 Å².